The third-order valence-electron chi connectivity index (χ3n) is 3.74. The summed E-state index contributed by atoms with van der Waals surface area (Å²) in [5.41, 5.74) is 2.10. The van der Waals surface area contributed by atoms with Crippen LogP contribution in [0.1, 0.15) is 5.56 Å². The average Bonchev–Trinajstić information content (AvgIpc) is 3.06. The molecule has 1 N–H and O–H groups in total. The number of carbonyl (C=O) groups excluding carboxylic acids is 1. The van der Waals surface area contributed by atoms with E-state index in [1.165, 1.54) is 23.9 Å². The number of nitrogens with one attached hydrogen (secondary N) is 1. The molecule has 1 aromatic carbocycles. The fraction of sp³-hybridized carbons (Fsp3) is 0.158. The van der Waals surface area contributed by atoms with Gasteiger partial charge in [-0.15, -0.1) is 16.8 Å². The molecule has 8 heteroatoms. The zero-order valence-electron chi connectivity index (χ0n) is 14.7. The van der Waals surface area contributed by atoms with Gasteiger partial charge in [0.1, 0.15) is 5.82 Å². The molecule has 0 aliphatic carbocycles. The van der Waals surface area contributed by atoms with Crippen molar-refractivity contribution in [2.45, 2.75) is 18.6 Å². The van der Waals surface area contributed by atoms with Crippen LogP contribution in [-0.2, 0) is 11.3 Å². The van der Waals surface area contributed by atoms with Gasteiger partial charge in [0.05, 0.1) is 5.75 Å². The number of hydrogen-bond acceptors (Lipinski definition) is 5. The summed E-state index contributed by atoms with van der Waals surface area (Å²) < 4.78 is 15.0. The number of allylic oxidation sites excluding steroid dienone is 1. The van der Waals surface area contributed by atoms with Crippen molar-refractivity contribution < 1.29 is 9.18 Å². The molecule has 0 aliphatic heterocycles. The molecule has 0 saturated heterocycles. The van der Waals surface area contributed by atoms with E-state index in [4.69, 9.17) is 0 Å². The third kappa shape index (κ3) is 4.59. The van der Waals surface area contributed by atoms with E-state index >= 15 is 0 Å². The van der Waals surface area contributed by atoms with Crippen molar-refractivity contribution in [2.75, 3.05) is 11.1 Å². The van der Waals surface area contributed by atoms with Crippen molar-refractivity contribution in [3.8, 4) is 11.4 Å². The number of halogens is 1. The first-order valence-electron chi connectivity index (χ1n) is 8.22. The van der Waals surface area contributed by atoms with E-state index in [9.17, 15) is 9.18 Å². The monoisotopic (exact) mass is 383 g/mol. The third-order valence-corrected chi connectivity index (χ3v) is 4.71. The molecule has 3 rings (SSSR count). The SMILES string of the molecule is C=CCn1c(SCC(=O)Nc2ccc(F)cc2C)nnc1-c1cccnc1. The van der Waals surface area contributed by atoms with Crippen molar-refractivity contribution in [2.24, 2.45) is 0 Å². The van der Waals surface area contributed by atoms with Crippen LogP contribution in [0.2, 0.25) is 0 Å². The molecule has 0 aliphatic rings. The van der Waals surface area contributed by atoms with Crippen molar-refractivity contribution in [1.29, 1.82) is 0 Å². The minimum absolute atomic E-state index is 0.152. The van der Waals surface area contributed by atoms with Crippen LogP contribution in [-0.4, -0.2) is 31.4 Å². The molecule has 0 atom stereocenters. The van der Waals surface area contributed by atoms with Gasteiger partial charge in [0.2, 0.25) is 5.91 Å². The Kier molecular flexibility index (Phi) is 5.97. The second-order valence-electron chi connectivity index (χ2n) is 5.74. The normalized spacial score (nSPS) is 10.6. The fourth-order valence-electron chi connectivity index (χ4n) is 2.48. The average molecular weight is 383 g/mol. The van der Waals surface area contributed by atoms with Crippen molar-refractivity contribution in [3.05, 3.63) is 66.8 Å². The molecule has 0 bridgehead atoms. The Bertz CT molecular complexity index is 958. The van der Waals surface area contributed by atoms with Gasteiger partial charge < -0.3 is 5.32 Å². The largest absolute Gasteiger partial charge is 0.325 e. The zero-order valence-corrected chi connectivity index (χ0v) is 15.5. The summed E-state index contributed by atoms with van der Waals surface area (Å²) in [7, 11) is 0. The Morgan fingerprint density at radius 3 is 2.93 bits per heavy atom. The Balaban J connectivity index is 1.71. The summed E-state index contributed by atoms with van der Waals surface area (Å²) in [6.45, 7) is 6.02. The van der Waals surface area contributed by atoms with Crippen LogP contribution in [0.15, 0.2) is 60.5 Å². The minimum Gasteiger partial charge on any atom is -0.325 e. The van der Waals surface area contributed by atoms with Crippen molar-refractivity contribution >= 4 is 23.4 Å². The first-order valence-corrected chi connectivity index (χ1v) is 9.20. The topological polar surface area (TPSA) is 72.7 Å². The maximum atomic E-state index is 13.2. The van der Waals surface area contributed by atoms with Gasteiger partial charge in [0, 0.05) is 30.2 Å². The second-order valence-corrected chi connectivity index (χ2v) is 6.69. The molecule has 2 heterocycles. The van der Waals surface area contributed by atoms with Crippen LogP contribution >= 0.6 is 11.8 Å². The number of rotatable bonds is 7. The Labute approximate surface area is 160 Å². The lowest BCUT2D eigenvalue weighted by Gasteiger charge is -2.09. The second kappa shape index (κ2) is 8.59. The van der Waals surface area contributed by atoms with Gasteiger partial charge in [0.15, 0.2) is 11.0 Å². The maximum absolute atomic E-state index is 13.2. The van der Waals surface area contributed by atoms with E-state index in [-0.39, 0.29) is 17.5 Å². The van der Waals surface area contributed by atoms with Gasteiger partial charge in [0.25, 0.3) is 0 Å². The molecule has 0 saturated carbocycles. The molecule has 6 nitrogen and oxygen atoms in total. The quantitative estimate of drug-likeness (QED) is 0.497. The molecular weight excluding hydrogens is 365 g/mol. The summed E-state index contributed by atoms with van der Waals surface area (Å²) in [4.78, 5) is 16.4. The number of amides is 1. The first kappa shape index (κ1) is 18.8. The van der Waals surface area contributed by atoms with Gasteiger partial charge in [-0.05, 0) is 42.8 Å². The lowest BCUT2D eigenvalue weighted by atomic mass is 10.2. The summed E-state index contributed by atoms with van der Waals surface area (Å²) >= 11 is 1.27. The highest BCUT2D eigenvalue weighted by molar-refractivity contribution is 7.99. The molecule has 3 aromatic rings. The van der Waals surface area contributed by atoms with Crippen LogP contribution in [0.25, 0.3) is 11.4 Å². The molecule has 27 heavy (non-hydrogen) atoms. The minimum atomic E-state index is -0.333. The number of anilines is 1. The number of nitrogens with zero attached hydrogens (tertiary/aromatic N) is 4. The number of aryl methyl sites for hydroxylation is 1. The van der Waals surface area contributed by atoms with Crippen LogP contribution < -0.4 is 5.32 Å². The molecule has 0 spiro atoms. The highest BCUT2D eigenvalue weighted by Gasteiger charge is 2.15. The lowest BCUT2D eigenvalue weighted by molar-refractivity contribution is -0.113. The number of aromatic nitrogens is 4. The number of hydrogen-bond donors (Lipinski definition) is 1. The predicted octanol–water partition coefficient (Wildman–Crippen LogP) is 3.70. The van der Waals surface area contributed by atoms with Gasteiger partial charge in [-0.3, -0.25) is 14.3 Å². The molecule has 1 amide bonds. The summed E-state index contributed by atoms with van der Waals surface area (Å²) in [6, 6.07) is 7.97. The van der Waals surface area contributed by atoms with Gasteiger partial charge >= 0.3 is 0 Å². The van der Waals surface area contributed by atoms with E-state index in [0.29, 0.717) is 28.8 Å². The van der Waals surface area contributed by atoms with Crippen LogP contribution in [0, 0.1) is 12.7 Å². The summed E-state index contributed by atoms with van der Waals surface area (Å²) in [5.74, 6) is 0.283. The number of pyridine rings is 1. The van der Waals surface area contributed by atoms with E-state index in [0.717, 1.165) is 5.56 Å². The van der Waals surface area contributed by atoms with Crippen LogP contribution in [0.5, 0.6) is 0 Å². The van der Waals surface area contributed by atoms with E-state index in [1.54, 1.807) is 31.5 Å². The maximum Gasteiger partial charge on any atom is 0.234 e. The molecule has 0 unspecified atom stereocenters. The molecular formula is C19H18FN5OS. The van der Waals surface area contributed by atoms with E-state index in [1.807, 2.05) is 16.7 Å². The lowest BCUT2D eigenvalue weighted by Crippen LogP contribution is -2.15. The van der Waals surface area contributed by atoms with Crippen molar-refractivity contribution in [1.82, 2.24) is 19.7 Å². The van der Waals surface area contributed by atoms with Crippen LogP contribution in [0.4, 0.5) is 10.1 Å². The van der Waals surface area contributed by atoms with E-state index in [2.05, 4.69) is 27.1 Å². The Hall–Kier alpha value is -3.00. The van der Waals surface area contributed by atoms with Crippen LogP contribution in [0.3, 0.4) is 0 Å². The first-order chi connectivity index (χ1) is 13.1. The number of benzene rings is 1. The predicted molar refractivity (Wildman–Crippen MR) is 104 cm³/mol. The highest BCUT2D eigenvalue weighted by Crippen LogP contribution is 2.24. The Morgan fingerprint density at radius 1 is 1.37 bits per heavy atom. The van der Waals surface area contributed by atoms with Gasteiger partial charge in [-0.25, -0.2) is 4.39 Å². The number of carbonyl (C=O) groups is 1. The molecule has 2 aromatic heterocycles. The molecule has 138 valence electrons. The Morgan fingerprint density at radius 2 is 2.22 bits per heavy atom. The van der Waals surface area contributed by atoms with Gasteiger partial charge in [-0.2, -0.15) is 0 Å². The smallest absolute Gasteiger partial charge is 0.234 e. The van der Waals surface area contributed by atoms with Crippen molar-refractivity contribution in [3.63, 3.8) is 0 Å². The van der Waals surface area contributed by atoms with Gasteiger partial charge in [-0.1, -0.05) is 17.8 Å². The summed E-state index contributed by atoms with van der Waals surface area (Å²) in [5, 5.41) is 11.8. The molecule has 0 radical (unpaired) electrons. The van der Waals surface area contributed by atoms with E-state index < -0.39 is 0 Å². The standard InChI is InChI=1S/C19H18FN5OS/c1-3-9-25-18(14-5-4-8-21-11-14)23-24-19(25)27-12-17(26)22-16-7-6-15(20)10-13(16)2/h3-8,10-11H,1,9,12H2,2H3,(H,22,26). The molecule has 0 fully saturated rings. The zero-order chi connectivity index (χ0) is 19.2. The number of thioether (sulfide) groups is 1. The fourth-order valence-corrected chi connectivity index (χ4v) is 3.23. The highest BCUT2D eigenvalue weighted by atomic mass is 32.2. The summed E-state index contributed by atoms with van der Waals surface area (Å²) in [6.07, 6.45) is 5.15.